The molecule has 0 aliphatic carbocycles. The van der Waals surface area contributed by atoms with Crippen molar-refractivity contribution >= 4 is 28.4 Å². The molecule has 0 fully saturated rings. The molecule has 0 atom stereocenters. The molecule has 0 saturated carbocycles. The molecule has 6 heteroatoms. The van der Waals surface area contributed by atoms with E-state index in [9.17, 15) is 0 Å². The fraction of sp³-hybridized carbons (Fsp3) is 0.263. The molecule has 0 aliphatic rings. The van der Waals surface area contributed by atoms with Crippen LogP contribution in [0.1, 0.15) is 13.3 Å². The summed E-state index contributed by atoms with van der Waals surface area (Å²) in [5, 5.41) is 7.61. The molecule has 0 spiro atoms. The highest BCUT2D eigenvalue weighted by molar-refractivity contribution is 5.90. The number of ether oxygens (including phenoxy) is 2. The topological polar surface area (TPSA) is 68.3 Å². The molecule has 0 aliphatic heterocycles. The van der Waals surface area contributed by atoms with Crippen LogP contribution < -0.4 is 20.1 Å². The van der Waals surface area contributed by atoms with Gasteiger partial charge in [0.1, 0.15) is 17.3 Å². The maximum absolute atomic E-state index is 5.31. The van der Waals surface area contributed by atoms with Crippen LogP contribution >= 0.6 is 0 Å². The van der Waals surface area contributed by atoms with Crippen molar-refractivity contribution in [2.24, 2.45) is 0 Å². The first kappa shape index (κ1) is 16.8. The number of hydrogen-bond donors (Lipinski definition) is 2. The number of nitrogens with one attached hydrogen (secondary N) is 2. The Balaban J connectivity index is 1.98. The molecular weight excluding hydrogens is 316 g/mol. The SMILES string of the molecule is CCCNc1nc(Nc2cc(OC)cc(OC)c2)nc2ccccc12. The van der Waals surface area contributed by atoms with Gasteiger partial charge < -0.3 is 20.1 Å². The molecule has 0 radical (unpaired) electrons. The second kappa shape index (κ2) is 7.70. The minimum Gasteiger partial charge on any atom is -0.497 e. The fourth-order valence-corrected chi connectivity index (χ4v) is 2.52. The lowest BCUT2D eigenvalue weighted by atomic mass is 10.2. The van der Waals surface area contributed by atoms with Crippen LogP contribution in [-0.4, -0.2) is 30.7 Å². The van der Waals surface area contributed by atoms with Gasteiger partial charge in [-0.3, -0.25) is 0 Å². The van der Waals surface area contributed by atoms with Crippen molar-refractivity contribution in [1.82, 2.24) is 9.97 Å². The lowest BCUT2D eigenvalue weighted by Gasteiger charge is -2.13. The molecule has 0 amide bonds. The number of fused-ring (bicyclic) bond motifs is 1. The molecule has 130 valence electrons. The Labute approximate surface area is 147 Å². The van der Waals surface area contributed by atoms with Gasteiger partial charge in [-0.2, -0.15) is 4.98 Å². The van der Waals surface area contributed by atoms with Gasteiger partial charge >= 0.3 is 0 Å². The van der Waals surface area contributed by atoms with Crippen LogP contribution in [0.25, 0.3) is 10.9 Å². The van der Waals surface area contributed by atoms with E-state index in [1.165, 1.54) is 0 Å². The van der Waals surface area contributed by atoms with E-state index in [4.69, 9.17) is 9.47 Å². The number of methoxy groups -OCH3 is 2. The van der Waals surface area contributed by atoms with Gasteiger partial charge in [-0.05, 0) is 18.6 Å². The molecule has 0 unspecified atom stereocenters. The maximum atomic E-state index is 5.31. The minimum absolute atomic E-state index is 0.521. The molecule has 3 aromatic rings. The summed E-state index contributed by atoms with van der Waals surface area (Å²) in [4.78, 5) is 9.24. The average molecular weight is 338 g/mol. The lowest BCUT2D eigenvalue weighted by molar-refractivity contribution is 0.395. The summed E-state index contributed by atoms with van der Waals surface area (Å²) in [7, 11) is 3.25. The highest BCUT2D eigenvalue weighted by atomic mass is 16.5. The van der Waals surface area contributed by atoms with Gasteiger partial charge in [0, 0.05) is 35.8 Å². The van der Waals surface area contributed by atoms with Crippen molar-refractivity contribution in [2.75, 3.05) is 31.4 Å². The summed E-state index contributed by atoms with van der Waals surface area (Å²) in [5.41, 5.74) is 1.68. The third-order valence-electron chi connectivity index (χ3n) is 3.75. The molecule has 1 aromatic heterocycles. The average Bonchev–Trinajstić information content (AvgIpc) is 2.65. The summed E-state index contributed by atoms with van der Waals surface area (Å²) in [6.45, 7) is 2.98. The van der Waals surface area contributed by atoms with Gasteiger partial charge in [0.15, 0.2) is 0 Å². The highest BCUT2D eigenvalue weighted by Gasteiger charge is 2.09. The van der Waals surface area contributed by atoms with Crippen molar-refractivity contribution in [1.29, 1.82) is 0 Å². The predicted octanol–water partition coefficient (Wildman–Crippen LogP) is 4.21. The smallest absolute Gasteiger partial charge is 0.229 e. The first-order valence-electron chi connectivity index (χ1n) is 8.24. The van der Waals surface area contributed by atoms with Gasteiger partial charge in [-0.25, -0.2) is 4.98 Å². The molecule has 2 aromatic carbocycles. The van der Waals surface area contributed by atoms with Crippen molar-refractivity contribution in [3.05, 3.63) is 42.5 Å². The Bertz CT molecular complexity index is 845. The van der Waals surface area contributed by atoms with E-state index in [1.54, 1.807) is 14.2 Å². The predicted molar refractivity (Wildman–Crippen MR) is 101 cm³/mol. The number of rotatable bonds is 7. The van der Waals surface area contributed by atoms with E-state index < -0.39 is 0 Å². The van der Waals surface area contributed by atoms with E-state index >= 15 is 0 Å². The zero-order valence-corrected chi connectivity index (χ0v) is 14.7. The monoisotopic (exact) mass is 338 g/mol. The van der Waals surface area contributed by atoms with E-state index in [0.717, 1.165) is 35.4 Å². The minimum atomic E-state index is 0.521. The van der Waals surface area contributed by atoms with Crippen LogP contribution in [0, 0.1) is 0 Å². The van der Waals surface area contributed by atoms with E-state index in [1.807, 2.05) is 42.5 Å². The maximum Gasteiger partial charge on any atom is 0.229 e. The quantitative estimate of drug-likeness (QED) is 0.672. The third-order valence-corrected chi connectivity index (χ3v) is 3.75. The first-order valence-corrected chi connectivity index (χ1v) is 8.24. The number of hydrogen-bond acceptors (Lipinski definition) is 6. The first-order chi connectivity index (χ1) is 12.2. The van der Waals surface area contributed by atoms with Crippen LogP contribution in [0.4, 0.5) is 17.5 Å². The summed E-state index contributed by atoms with van der Waals surface area (Å²) in [6.07, 6.45) is 1.02. The third kappa shape index (κ3) is 3.91. The van der Waals surface area contributed by atoms with Crippen LogP contribution in [0.15, 0.2) is 42.5 Å². The van der Waals surface area contributed by atoms with Gasteiger partial charge in [-0.15, -0.1) is 0 Å². The van der Waals surface area contributed by atoms with E-state index in [0.29, 0.717) is 17.4 Å². The number of benzene rings is 2. The molecule has 0 saturated heterocycles. The number of aromatic nitrogens is 2. The van der Waals surface area contributed by atoms with E-state index in [2.05, 4.69) is 27.5 Å². The standard InChI is InChI=1S/C19H22N4O2/c1-4-9-20-18-16-7-5-6-8-17(16)22-19(23-18)21-13-10-14(24-2)12-15(11-13)25-3/h5-8,10-12H,4,9H2,1-3H3,(H2,20,21,22,23). The molecule has 1 heterocycles. The Hall–Kier alpha value is -3.02. The van der Waals surface area contributed by atoms with E-state index in [-0.39, 0.29) is 0 Å². The van der Waals surface area contributed by atoms with Gasteiger partial charge in [0.05, 0.1) is 19.7 Å². The summed E-state index contributed by atoms with van der Waals surface area (Å²) < 4.78 is 10.6. The number of anilines is 3. The largest absolute Gasteiger partial charge is 0.497 e. The molecule has 3 rings (SSSR count). The Kier molecular flexibility index (Phi) is 5.18. The zero-order valence-electron chi connectivity index (χ0n) is 14.7. The summed E-state index contributed by atoms with van der Waals surface area (Å²) >= 11 is 0. The molecule has 0 bridgehead atoms. The summed E-state index contributed by atoms with van der Waals surface area (Å²) in [6, 6.07) is 13.5. The van der Waals surface area contributed by atoms with Crippen molar-refractivity contribution in [2.45, 2.75) is 13.3 Å². The lowest BCUT2D eigenvalue weighted by Crippen LogP contribution is -2.06. The van der Waals surface area contributed by atoms with Gasteiger partial charge in [0.25, 0.3) is 0 Å². The molecule has 25 heavy (non-hydrogen) atoms. The van der Waals surface area contributed by atoms with Crippen LogP contribution in [-0.2, 0) is 0 Å². The summed E-state index contributed by atoms with van der Waals surface area (Å²) in [5.74, 6) is 2.75. The van der Waals surface area contributed by atoms with Crippen LogP contribution in [0.2, 0.25) is 0 Å². The van der Waals surface area contributed by atoms with Crippen LogP contribution in [0.3, 0.4) is 0 Å². The van der Waals surface area contributed by atoms with Crippen LogP contribution in [0.5, 0.6) is 11.5 Å². The normalized spacial score (nSPS) is 10.5. The molecule has 6 nitrogen and oxygen atoms in total. The Morgan fingerprint density at radius 3 is 2.36 bits per heavy atom. The Morgan fingerprint density at radius 2 is 1.68 bits per heavy atom. The number of para-hydroxylation sites is 1. The van der Waals surface area contributed by atoms with Crippen molar-refractivity contribution in [3.63, 3.8) is 0 Å². The van der Waals surface area contributed by atoms with Gasteiger partial charge in [-0.1, -0.05) is 19.1 Å². The molecular formula is C19H22N4O2. The van der Waals surface area contributed by atoms with Gasteiger partial charge in [0.2, 0.25) is 5.95 Å². The zero-order chi connectivity index (χ0) is 17.6. The number of nitrogens with zero attached hydrogens (tertiary/aromatic N) is 2. The molecule has 2 N–H and O–H groups in total. The van der Waals surface area contributed by atoms with Crippen molar-refractivity contribution in [3.8, 4) is 11.5 Å². The highest BCUT2D eigenvalue weighted by Crippen LogP contribution is 2.28. The Morgan fingerprint density at radius 1 is 0.960 bits per heavy atom. The second-order valence-corrected chi connectivity index (χ2v) is 5.57. The second-order valence-electron chi connectivity index (χ2n) is 5.57. The van der Waals surface area contributed by atoms with Crippen molar-refractivity contribution < 1.29 is 9.47 Å². The fourth-order valence-electron chi connectivity index (χ4n) is 2.52.